The number of carbonyl (C=O) groups is 3. The van der Waals surface area contributed by atoms with Gasteiger partial charge in [0.05, 0.1) is 22.7 Å². The van der Waals surface area contributed by atoms with Crippen LogP contribution in [0.4, 0.5) is 5.69 Å². The molecule has 34 heavy (non-hydrogen) atoms. The van der Waals surface area contributed by atoms with Crippen LogP contribution in [0.5, 0.6) is 0 Å². The highest BCUT2D eigenvalue weighted by atomic mass is 35.5. The summed E-state index contributed by atoms with van der Waals surface area (Å²) < 4.78 is 11.8. The molecule has 1 spiro atoms. The van der Waals surface area contributed by atoms with E-state index >= 15 is 0 Å². The molecule has 5 atom stereocenters. The van der Waals surface area contributed by atoms with Gasteiger partial charge in [-0.2, -0.15) is 0 Å². The van der Waals surface area contributed by atoms with Crippen LogP contribution in [0.1, 0.15) is 19.3 Å². The van der Waals surface area contributed by atoms with Crippen molar-refractivity contribution in [2.75, 3.05) is 31.2 Å². The van der Waals surface area contributed by atoms with Gasteiger partial charge >= 0.3 is 5.97 Å². The summed E-state index contributed by atoms with van der Waals surface area (Å²) in [6.45, 7) is 0.784. The first kappa shape index (κ1) is 23.1. The van der Waals surface area contributed by atoms with E-state index in [1.54, 1.807) is 52.3 Å². The normalized spacial score (nSPS) is 32.2. The molecule has 2 fully saturated rings. The molecule has 4 aliphatic rings. The van der Waals surface area contributed by atoms with Gasteiger partial charge in [0.2, 0.25) is 5.91 Å². The molecule has 0 saturated carbocycles. The average Bonchev–Trinajstić information content (AvgIpc) is 3.12. The van der Waals surface area contributed by atoms with Crippen LogP contribution in [0.25, 0.3) is 0 Å². The average molecular weight is 487 g/mol. The number of unbranched alkanes of at least 4 members (excludes halogenated alkanes) is 2. The maximum absolute atomic E-state index is 14.1. The predicted molar refractivity (Wildman–Crippen MR) is 124 cm³/mol. The number of aliphatic hydroxyl groups is 1. The number of likely N-dealkylation sites (tertiary alicyclic amines) is 1. The Morgan fingerprint density at radius 2 is 1.91 bits per heavy atom. The smallest absolute Gasteiger partial charge is 0.313 e. The number of benzene rings is 1. The Morgan fingerprint density at radius 3 is 2.71 bits per heavy atom. The standard InChI is InChI=1S/C25H27ClN2O6/c26-16-8-2-3-9-17(16)27-13-7-11-25-20(19-18(34-25)10-6-15-33-24(19)32)22(30)28(21(25)23(27)31)12-4-1-5-14-29/h2-3,6-11,18-21,29H,1,4-5,12-15H2/t18-,19+,20-,21?,25-/m0/s1. The number of cyclic esters (lactones) is 1. The monoisotopic (exact) mass is 486 g/mol. The summed E-state index contributed by atoms with van der Waals surface area (Å²) in [6, 6.07) is 6.14. The van der Waals surface area contributed by atoms with E-state index < -0.39 is 35.6 Å². The maximum Gasteiger partial charge on any atom is 0.313 e. The number of hydrogen-bond acceptors (Lipinski definition) is 6. The van der Waals surface area contributed by atoms with Gasteiger partial charge in [0.25, 0.3) is 5.91 Å². The third kappa shape index (κ3) is 3.56. The number of fused-ring (bicyclic) bond motifs is 2. The highest BCUT2D eigenvalue weighted by Crippen LogP contribution is 2.53. The van der Waals surface area contributed by atoms with Crippen LogP contribution in [0.15, 0.2) is 48.6 Å². The Bertz CT molecular complexity index is 1060. The Balaban J connectivity index is 1.57. The molecule has 0 radical (unpaired) electrons. The Kier molecular flexibility index (Phi) is 6.22. The lowest BCUT2D eigenvalue weighted by Crippen LogP contribution is -2.55. The molecule has 0 bridgehead atoms. The van der Waals surface area contributed by atoms with Crippen molar-refractivity contribution in [3.05, 3.63) is 53.6 Å². The van der Waals surface area contributed by atoms with E-state index in [-0.39, 0.29) is 31.6 Å². The Morgan fingerprint density at radius 1 is 1.09 bits per heavy atom. The van der Waals surface area contributed by atoms with Crippen molar-refractivity contribution in [2.45, 2.75) is 37.0 Å². The van der Waals surface area contributed by atoms with Crippen LogP contribution in [-0.4, -0.2) is 71.8 Å². The summed E-state index contributed by atoms with van der Waals surface area (Å²) >= 11 is 6.43. The summed E-state index contributed by atoms with van der Waals surface area (Å²) in [5.41, 5.74) is -0.726. The van der Waals surface area contributed by atoms with Crippen LogP contribution < -0.4 is 4.90 Å². The van der Waals surface area contributed by atoms with E-state index in [4.69, 9.17) is 26.2 Å². The minimum absolute atomic E-state index is 0.0664. The third-order valence-electron chi connectivity index (χ3n) is 7.11. The molecular weight excluding hydrogens is 460 g/mol. The summed E-state index contributed by atoms with van der Waals surface area (Å²) in [5.74, 6) is -2.75. The maximum atomic E-state index is 14.1. The molecule has 0 aliphatic carbocycles. The number of hydrogen-bond donors (Lipinski definition) is 1. The first-order valence-corrected chi connectivity index (χ1v) is 12.0. The number of amides is 2. The molecule has 8 nitrogen and oxygen atoms in total. The highest BCUT2D eigenvalue weighted by molar-refractivity contribution is 6.34. The lowest BCUT2D eigenvalue weighted by atomic mass is 9.78. The molecule has 1 N–H and O–H groups in total. The summed E-state index contributed by atoms with van der Waals surface area (Å²) in [5, 5.41) is 9.57. The zero-order valence-corrected chi connectivity index (χ0v) is 19.4. The van der Waals surface area contributed by atoms with Crippen molar-refractivity contribution in [3.8, 4) is 0 Å². The molecular formula is C25H27ClN2O6. The van der Waals surface area contributed by atoms with Gasteiger partial charge in [-0.05, 0) is 37.5 Å². The quantitative estimate of drug-likeness (QED) is 0.376. The minimum Gasteiger partial charge on any atom is -0.461 e. The largest absolute Gasteiger partial charge is 0.461 e. The fraction of sp³-hybridized carbons (Fsp3) is 0.480. The number of nitrogens with zero attached hydrogens (tertiary/aromatic N) is 2. The molecule has 1 unspecified atom stereocenters. The fourth-order valence-electron chi connectivity index (χ4n) is 5.67. The van der Waals surface area contributed by atoms with E-state index in [9.17, 15) is 14.4 Å². The minimum atomic E-state index is -1.28. The second-order valence-corrected chi connectivity index (χ2v) is 9.43. The molecule has 9 heteroatoms. The van der Waals surface area contributed by atoms with Gasteiger partial charge in [-0.15, -0.1) is 0 Å². The van der Waals surface area contributed by atoms with E-state index in [2.05, 4.69) is 0 Å². The lowest BCUT2D eigenvalue weighted by molar-refractivity contribution is -0.152. The van der Waals surface area contributed by atoms with Crippen LogP contribution in [0.2, 0.25) is 5.02 Å². The van der Waals surface area contributed by atoms with E-state index in [1.165, 1.54) is 0 Å². The number of esters is 1. The molecule has 1 aromatic carbocycles. The van der Waals surface area contributed by atoms with Gasteiger partial charge in [0.15, 0.2) is 0 Å². The van der Waals surface area contributed by atoms with Crippen molar-refractivity contribution < 1.29 is 29.0 Å². The number of ether oxygens (including phenoxy) is 2. The van der Waals surface area contributed by atoms with Gasteiger partial charge in [-0.1, -0.05) is 42.0 Å². The van der Waals surface area contributed by atoms with Crippen molar-refractivity contribution in [1.29, 1.82) is 0 Å². The number of halogens is 1. The fourth-order valence-corrected chi connectivity index (χ4v) is 5.90. The van der Waals surface area contributed by atoms with Gasteiger partial charge in [-0.25, -0.2) is 0 Å². The van der Waals surface area contributed by atoms with E-state index in [1.807, 2.05) is 6.08 Å². The zero-order chi connectivity index (χ0) is 23.9. The van der Waals surface area contributed by atoms with E-state index in [0.29, 0.717) is 36.5 Å². The van der Waals surface area contributed by atoms with Crippen molar-refractivity contribution in [3.63, 3.8) is 0 Å². The van der Waals surface area contributed by atoms with E-state index in [0.717, 1.165) is 0 Å². The number of aliphatic hydroxyl groups excluding tert-OH is 1. The van der Waals surface area contributed by atoms with Crippen molar-refractivity contribution in [1.82, 2.24) is 4.90 Å². The summed E-state index contributed by atoms with van der Waals surface area (Å²) in [4.78, 5) is 43.9. The summed E-state index contributed by atoms with van der Waals surface area (Å²) in [7, 11) is 0. The second-order valence-electron chi connectivity index (χ2n) is 9.02. The first-order valence-electron chi connectivity index (χ1n) is 11.7. The molecule has 5 rings (SSSR count). The van der Waals surface area contributed by atoms with Gasteiger partial charge in [0.1, 0.15) is 24.2 Å². The zero-order valence-electron chi connectivity index (χ0n) is 18.6. The third-order valence-corrected chi connectivity index (χ3v) is 7.43. The molecule has 180 valence electrons. The summed E-state index contributed by atoms with van der Waals surface area (Å²) in [6.07, 6.45) is 8.37. The Hall–Kier alpha value is -2.68. The van der Waals surface area contributed by atoms with Crippen molar-refractivity contribution in [2.24, 2.45) is 11.8 Å². The first-order chi connectivity index (χ1) is 16.5. The number of anilines is 1. The highest BCUT2D eigenvalue weighted by Gasteiger charge is 2.71. The molecule has 0 aromatic heterocycles. The topological polar surface area (TPSA) is 96.4 Å². The van der Waals surface area contributed by atoms with Gasteiger partial charge in [0, 0.05) is 19.7 Å². The van der Waals surface area contributed by atoms with Crippen LogP contribution in [0, 0.1) is 11.8 Å². The van der Waals surface area contributed by atoms with Gasteiger partial charge in [-0.3, -0.25) is 14.4 Å². The van der Waals surface area contributed by atoms with Crippen molar-refractivity contribution >= 4 is 35.1 Å². The van der Waals surface area contributed by atoms with Crippen LogP contribution in [0.3, 0.4) is 0 Å². The van der Waals surface area contributed by atoms with Gasteiger partial charge < -0.3 is 24.4 Å². The molecule has 2 saturated heterocycles. The Labute approximate surface area is 202 Å². The molecule has 4 aliphatic heterocycles. The SMILES string of the molecule is O=C1OCC=C[C@@H]2O[C@]34C=CCN(c5ccccc5Cl)C(=O)C3N(CCCCCO)C(=O)[C@@H]4[C@H]12. The number of carbonyl (C=O) groups excluding carboxylic acids is 3. The van der Waals surface area contributed by atoms with Crippen LogP contribution in [-0.2, 0) is 23.9 Å². The predicted octanol–water partition coefficient (Wildman–Crippen LogP) is 2.10. The second kappa shape index (κ2) is 9.17. The molecule has 2 amide bonds. The number of rotatable bonds is 6. The lowest BCUT2D eigenvalue weighted by Gasteiger charge is -2.35. The number of para-hydroxylation sites is 1. The molecule has 1 aromatic rings. The van der Waals surface area contributed by atoms with Crippen LogP contribution >= 0.6 is 11.6 Å². The molecule has 4 heterocycles.